The number of H-pyrrole nitrogens is 1. The lowest BCUT2D eigenvalue weighted by Crippen LogP contribution is -2.00. The number of hydrogen-bond donors (Lipinski definition) is 3. The summed E-state index contributed by atoms with van der Waals surface area (Å²) in [6.07, 6.45) is 0. The van der Waals surface area contributed by atoms with Crippen molar-refractivity contribution in [3.63, 3.8) is 0 Å². The minimum absolute atomic E-state index is 0.529. The van der Waals surface area contributed by atoms with Gasteiger partial charge in [0, 0.05) is 5.69 Å². The first-order valence-electron chi connectivity index (χ1n) is 7.15. The van der Waals surface area contributed by atoms with Gasteiger partial charge in [-0.15, -0.1) is 5.10 Å². The number of aromatic amines is 1. The number of aryl methyl sites for hydroxylation is 3. The van der Waals surface area contributed by atoms with Crippen LogP contribution in [0.5, 0.6) is 0 Å². The summed E-state index contributed by atoms with van der Waals surface area (Å²) in [4.78, 5) is 4.36. The molecular weight excluding hydrogens is 278 g/mol. The molecule has 0 fully saturated rings. The van der Waals surface area contributed by atoms with E-state index in [0.29, 0.717) is 18.4 Å². The summed E-state index contributed by atoms with van der Waals surface area (Å²) in [5, 5.41) is 13.3. The van der Waals surface area contributed by atoms with Crippen LogP contribution in [0.4, 0.5) is 17.6 Å². The zero-order valence-corrected chi connectivity index (χ0v) is 12.9. The van der Waals surface area contributed by atoms with Gasteiger partial charge in [0.2, 0.25) is 11.9 Å². The van der Waals surface area contributed by atoms with Gasteiger partial charge >= 0.3 is 0 Å². The molecule has 0 aliphatic heterocycles. The van der Waals surface area contributed by atoms with E-state index < -0.39 is 0 Å². The van der Waals surface area contributed by atoms with Crippen molar-refractivity contribution < 1.29 is 4.42 Å². The van der Waals surface area contributed by atoms with Crippen LogP contribution in [0.2, 0.25) is 0 Å². The molecular formula is C16H19N5O. The Kier molecular flexibility index (Phi) is 3.82. The van der Waals surface area contributed by atoms with E-state index >= 15 is 0 Å². The third-order valence-corrected chi connectivity index (χ3v) is 3.19. The molecule has 3 aromatic rings. The molecule has 0 saturated heterocycles. The van der Waals surface area contributed by atoms with Crippen LogP contribution in [0, 0.1) is 20.8 Å². The molecule has 2 aromatic heterocycles. The van der Waals surface area contributed by atoms with Gasteiger partial charge in [-0.3, -0.25) is 0 Å². The van der Waals surface area contributed by atoms with E-state index in [1.807, 2.05) is 19.1 Å². The fraction of sp³-hybridized carbons (Fsp3) is 0.250. The number of nitrogens with zero attached hydrogens (tertiary/aromatic N) is 2. The zero-order valence-electron chi connectivity index (χ0n) is 12.9. The molecule has 0 saturated carbocycles. The van der Waals surface area contributed by atoms with Crippen LogP contribution in [0.15, 0.2) is 34.7 Å². The van der Waals surface area contributed by atoms with Crippen molar-refractivity contribution in [1.82, 2.24) is 15.2 Å². The first-order valence-corrected chi connectivity index (χ1v) is 7.15. The van der Waals surface area contributed by atoms with Crippen LogP contribution in [-0.4, -0.2) is 15.2 Å². The Balaban J connectivity index is 1.63. The van der Waals surface area contributed by atoms with Crippen LogP contribution in [0.25, 0.3) is 0 Å². The number of nitrogens with one attached hydrogen (secondary N) is 3. The third-order valence-electron chi connectivity index (χ3n) is 3.19. The summed E-state index contributed by atoms with van der Waals surface area (Å²) in [6.45, 7) is 6.60. The predicted molar refractivity (Wildman–Crippen MR) is 86.4 cm³/mol. The Labute approximate surface area is 129 Å². The second-order valence-electron chi connectivity index (χ2n) is 5.37. The Morgan fingerprint density at radius 1 is 1.09 bits per heavy atom. The normalized spacial score (nSPS) is 10.7. The molecule has 114 valence electrons. The topological polar surface area (TPSA) is 78.8 Å². The Morgan fingerprint density at radius 3 is 2.55 bits per heavy atom. The number of aromatic nitrogens is 3. The quantitative estimate of drug-likeness (QED) is 0.669. The number of furan rings is 1. The van der Waals surface area contributed by atoms with Gasteiger partial charge in [-0.2, -0.15) is 4.98 Å². The molecule has 1 aromatic carbocycles. The van der Waals surface area contributed by atoms with Gasteiger partial charge < -0.3 is 15.1 Å². The Morgan fingerprint density at radius 2 is 1.86 bits per heavy atom. The highest BCUT2D eigenvalue weighted by Gasteiger charge is 2.05. The second-order valence-corrected chi connectivity index (χ2v) is 5.37. The fourth-order valence-corrected chi connectivity index (χ4v) is 2.33. The third kappa shape index (κ3) is 3.46. The molecule has 0 aliphatic carbocycles. The summed E-state index contributed by atoms with van der Waals surface area (Å²) >= 11 is 0. The van der Waals surface area contributed by atoms with E-state index in [9.17, 15) is 0 Å². The Bertz CT molecular complexity index is 754. The largest absolute Gasteiger partial charge is 0.465 e. The molecule has 0 unspecified atom stereocenters. The first kappa shape index (κ1) is 14.2. The summed E-state index contributed by atoms with van der Waals surface area (Å²) in [5.41, 5.74) is 3.39. The van der Waals surface area contributed by atoms with Gasteiger partial charge in [0.1, 0.15) is 11.5 Å². The highest BCUT2D eigenvalue weighted by Crippen LogP contribution is 2.18. The number of anilines is 3. The van der Waals surface area contributed by atoms with Crippen molar-refractivity contribution in [1.29, 1.82) is 0 Å². The van der Waals surface area contributed by atoms with Crippen molar-refractivity contribution in [3.05, 3.63) is 53.0 Å². The summed E-state index contributed by atoms with van der Waals surface area (Å²) < 4.78 is 5.49. The summed E-state index contributed by atoms with van der Waals surface area (Å²) in [5.74, 6) is 2.87. The SMILES string of the molecule is Cc1cc(C)cc(Nc2nc(NCc3ccc(C)o3)n[nH]2)c1. The number of benzene rings is 1. The molecule has 0 aliphatic rings. The molecule has 3 rings (SSSR count). The molecule has 0 amide bonds. The van der Waals surface area contributed by atoms with Gasteiger partial charge in [0.05, 0.1) is 6.54 Å². The summed E-state index contributed by atoms with van der Waals surface area (Å²) in [7, 11) is 0. The van der Waals surface area contributed by atoms with Crippen LogP contribution in [0.3, 0.4) is 0 Å². The molecule has 3 N–H and O–H groups in total. The second kappa shape index (κ2) is 5.93. The lowest BCUT2D eigenvalue weighted by atomic mass is 10.1. The maximum atomic E-state index is 5.49. The minimum Gasteiger partial charge on any atom is -0.465 e. The Hall–Kier alpha value is -2.76. The lowest BCUT2D eigenvalue weighted by Gasteiger charge is -2.05. The standard InChI is InChI=1S/C16H19N5O/c1-10-6-11(2)8-13(7-10)18-16-19-15(20-21-16)17-9-14-5-4-12(3)22-14/h4-8H,9H2,1-3H3,(H3,17,18,19,20,21). The van der Waals surface area contributed by atoms with E-state index in [1.165, 1.54) is 11.1 Å². The summed E-state index contributed by atoms with van der Waals surface area (Å²) in [6, 6.07) is 10.1. The molecule has 0 radical (unpaired) electrons. The van der Waals surface area contributed by atoms with Crippen molar-refractivity contribution in [2.75, 3.05) is 10.6 Å². The van der Waals surface area contributed by atoms with E-state index in [0.717, 1.165) is 17.2 Å². The van der Waals surface area contributed by atoms with E-state index in [2.05, 4.69) is 57.9 Å². The predicted octanol–water partition coefficient (Wildman–Crippen LogP) is 3.68. The molecule has 6 nitrogen and oxygen atoms in total. The van der Waals surface area contributed by atoms with Gasteiger partial charge in [-0.1, -0.05) is 6.07 Å². The molecule has 0 spiro atoms. The van der Waals surface area contributed by atoms with Crippen LogP contribution in [0.1, 0.15) is 22.6 Å². The van der Waals surface area contributed by atoms with Crippen molar-refractivity contribution in [2.45, 2.75) is 27.3 Å². The van der Waals surface area contributed by atoms with Crippen molar-refractivity contribution >= 4 is 17.6 Å². The lowest BCUT2D eigenvalue weighted by molar-refractivity contribution is 0.490. The van der Waals surface area contributed by atoms with Gasteiger partial charge in [0.15, 0.2) is 0 Å². The van der Waals surface area contributed by atoms with Crippen LogP contribution >= 0.6 is 0 Å². The van der Waals surface area contributed by atoms with E-state index in [4.69, 9.17) is 4.42 Å². The smallest absolute Gasteiger partial charge is 0.244 e. The highest BCUT2D eigenvalue weighted by molar-refractivity contribution is 5.56. The van der Waals surface area contributed by atoms with Gasteiger partial charge in [-0.25, -0.2) is 5.10 Å². The van der Waals surface area contributed by atoms with Crippen LogP contribution in [-0.2, 0) is 6.54 Å². The minimum atomic E-state index is 0.529. The zero-order chi connectivity index (χ0) is 15.5. The number of hydrogen-bond acceptors (Lipinski definition) is 5. The average molecular weight is 297 g/mol. The maximum absolute atomic E-state index is 5.49. The van der Waals surface area contributed by atoms with E-state index in [1.54, 1.807) is 0 Å². The average Bonchev–Trinajstić information content (AvgIpc) is 3.04. The monoisotopic (exact) mass is 297 g/mol. The highest BCUT2D eigenvalue weighted by atomic mass is 16.3. The van der Waals surface area contributed by atoms with Crippen LogP contribution < -0.4 is 10.6 Å². The van der Waals surface area contributed by atoms with Crippen molar-refractivity contribution in [3.8, 4) is 0 Å². The molecule has 6 heteroatoms. The van der Waals surface area contributed by atoms with E-state index in [-0.39, 0.29) is 0 Å². The van der Waals surface area contributed by atoms with Gasteiger partial charge in [0.25, 0.3) is 0 Å². The molecule has 0 atom stereocenters. The molecule has 0 bridgehead atoms. The fourth-order valence-electron chi connectivity index (χ4n) is 2.33. The number of rotatable bonds is 5. The maximum Gasteiger partial charge on any atom is 0.244 e. The first-order chi connectivity index (χ1) is 10.6. The molecule has 22 heavy (non-hydrogen) atoms. The van der Waals surface area contributed by atoms with Gasteiger partial charge in [-0.05, 0) is 56.2 Å². The van der Waals surface area contributed by atoms with Crippen molar-refractivity contribution in [2.24, 2.45) is 0 Å². The molecule has 2 heterocycles.